The lowest BCUT2D eigenvalue weighted by Gasteiger charge is -2.24. The molecule has 0 saturated heterocycles. The molecule has 0 aliphatic carbocycles. The van der Waals surface area contributed by atoms with Gasteiger partial charge in [0.2, 0.25) is 0 Å². The summed E-state index contributed by atoms with van der Waals surface area (Å²) in [5.41, 5.74) is 1.04. The Bertz CT molecular complexity index is 494. The topological polar surface area (TPSA) is 77.8 Å². The SMILES string of the molecule is CC(=O)SCCC(O)C(O)c1ccc(O)c(C(C)(C)C)c1. The zero-order valence-corrected chi connectivity index (χ0v) is 13.8. The van der Waals surface area contributed by atoms with Gasteiger partial charge in [-0.1, -0.05) is 38.6 Å². The molecule has 0 amide bonds. The van der Waals surface area contributed by atoms with Crippen molar-refractivity contribution < 1.29 is 20.1 Å². The Morgan fingerprint density at radius 1 is 1.29 bits per heavy atom. The summed E-state index contributed by atoms with van der Waals surface area (Å²) in [4.78, 5) is 10.8. The number of phenols is 1. The van der Waals surface area contributed by atoms with E-state index in [0.717, 1.165) is 17.3 Å². The lowest BCUT2D eigenvalue weighted by Crippen LogP contribution is -2.20. The maximum absolute atomic E-state index is 10.8. The molecule has 0 bridgehead atoms. The summed E-state index contributed by atoms with van der Waals surface area (Å²) >= 11 is 1.13. The summed E-state index contributed by atoms with van der Waals surface area (Å²) in [5.74, 6) is 0.651. The van der Waals surface area contributed by atoms with Gasteiger partial charge >= 0.3 is 0 Å². The molecule has 0 aliphatic heterocycles. The van der Waals surface area contributed by atoms with E-state index in [4.69, 9.17) is 0 Å². The van der Waals surface area contributed by atoms with Gasteiger partial charge in [-0.3, -0.25) is 4.79 Å². The van der Waals surface area contributed by atoms with Crippen LogP contribution < -0.4 is 0 Å². The van der Waals surface area contributed by atoms with Crippen molar-refractivity contribution in [1.82, 2.24) is 0 Å². The molecule has 21 heavy (non-hydrogen) atoms. The predicted molar refractivity (Wildman–Crippen MR) is 85.5 cm³/mol. The fraction of sp³-hybridized carbons (Fsp3) is 0.562. The Hall–Kier alpha value is -1.04. The van der Waals surface area contributed by atoms with Gasteiger partial charge in [0.25, 0.3) is 0 Å². The standard InChI is InChI=1S/C16H24O4S/c1-10(17)21-8-7-14(19)15(20)11-5-6-13(18)12(9-11)16(2,3)4/h5-6,9,14-15,18-20H,7-8H2,1-4H3. The summed E-state index contributed by atoms with van der Waals surface area (Å²) in [6.45, 7) is 7.39. The second kappa shape index (κ2) is 7.29. The average molecular weight is 312 g/mol. The molecule has 1 aromatic carbocycles. The van der Waals surface area contributed by atoms with Gasteiger partial charge in [0.05, 0.1) is 6.10 Å². The maximum atomic E-state index is 10.8. The Morgan fingerprint density at radius 2 is 1.90 bits per heavy atom. The Morgan fingerprint density at radius 3 is 2.43 bits per heavy atom. The van der Waals surface area contributed by atoms with Crippen LogP contribution in [0.5, 0.6) is 5.75 Å². The summed E-state index contributed by atoms with van der Waals surface area (Å²) in [7, 11) is 0. The summed E-state index contributed by atoms with van der Waals surface area (Å²) < 4.78 is 0. The highest BCUT2D eigenvalue weighted by Gasteiger charge is 2.23. The van der Waals surface area contributed by atoms with Crippen LogP contribution in [0.3, 0.4) is 0 Å². The fourth-order valence-corrected chi connectivity index (χ4v) is 2.69. The first-order valence-electron chi connectivity index (χ1n) is 6.96. The van der Waals surface area contributed by atoms with Crippen LogP contribution >= 0.6 is 11.8 Å². The number of thioether (sulfide) groups is 1. The van der Waals surface area contributed by atoms with Crippen molar-refractivity contribution in [3.63, 3.8) is 0 Å². The van der Waals surface area contributed by atoms with Crippen molar-refractivity contribution in [3.8, 4) is 5.75 Å². The van der Waals surface area contributed by atoms with Gasteiger partial charge in [-0.05, 0) is 35.1 Å². The van der Waals surface area contributed by atoms with Crippen molar-refractivity contribution in [1.29, 1.82) is 0 Å². The minimum atomic E-state index is -1.03. The Kier molecular flexibility index (Phi) is 6.25. The van der Waals surface area contributed by atoms with E-state index in [2.05, 4.69) is 0 Å². The molecule has 4 nitrogen and oxygen atoms in total. The minimum Gasteiger partial charge on any atom is -0.508 e. The second-order valence-corrected chi connectivity index (χ2v) is 7.44. The highest BCUT2D eigenvalue weighted by Crippen LogP contribution is 2.33. The monoisotopic (exact) mass is 312 g/mol. The maximum Gasteiger partial charge on any atom is 0.185 e. The zero-order chi connectivity index (χ0) is 16.2. The molecule has 0 aromatic heterocycles. The third-order valence-electron chi connectivity index (χ3n) is 3.25. The normalized spacial score (nSPS) is 14.8. The van der Waals surface area contributed by atoms with Gasteiger partial charge in [0.15, 0.2) is 5.12 Å². The van der Waals surface area contributed by atoms with Gasteiger partial charge in [-0.15, -0.1) is 0 Å². The molecule has 3 N–H and O–H groups in total. The van der Waals surface area contributed by atoms with Gasteiger partial charge in [0.1, 0.15) is 11.9 Å². The highest BCUT2D eigenvalue weighted by molar-refractivity contribution is 8.13. The third kappa shape index (κ3) is 5.34. The Balaban J connectivity index is 2.82. The quantitative estimate of drug-likeness (QED) is 0.779. The van der Waals surface area contributed by atoms with Crippen molar-refractivity contribution in [2.24, 2.45) is 0 Å². The third-order valence-corrected chi connectivity index (χ3v) is 4.10. The van der Waals surface area contributed by atoms with Crippen LogP contribution in [0.2, 0.25) is 0 Å². The minimum absolute atomic E-state index is 0.00339. The molecule has 0 saturated carbocycles. The number of carbonyl (C=O) groups is 1. The molecule has 2 atom stereocenters. The first-order chi connectivity index (χ1) is 9.62. The lowest BCUT2D eigenvalue weighted by atomic mass is 9.84. The molecule has 2 unspecified atom stereocenters. The van der Waals surface area contributed by atoms with E-state index >= 15 is 0 Å². The molecule has 1 rings (SSSR count). The molecule has 0 spiro atoms. The van der Waals surface area contributed by atoms with Gasteiger partial charge in [0, 0.05) is 12.7 Å². The zero-order valence-electron chi connectivity index (χ0n) is 13.0. The summed E-state index contributed by atoms with van der Waals surface area (Å²) in [6.07, 6.45) is -1.63. The number of aromatic hydroxyl groups is 1. The molecule has 0 radical (unpaired) electrons. The molecule has 0 heterocycles. The lowest BCUT2D eigenvalue weighted by molar-refractivity contribution is -0.109. The smallest absolute Gasteiger partial charge is 0.185 e. The van der Waals surface area contributed by atoms with Crippen LogP contribution in [0.25, 0.3) is 0 Å². The van der Waals surface area contributed by atoms with Gasteiger partial charge in [-0.25, -0.2) is 0 Å². The van der Waals surface area contributed by atoms with Crippen LogP contribution in [0.4, 0.5) is 0 Å². The number of aliphatic hydroxyl groups is 2. The number of phenolic OH excluding ortho intramolecular Hbond substituents is 1. The van der Waals surface area contributed by atoms with E-state index in [9.17, 15) is 20.1 Å². The van der Waals surface area contributed by atoms with Crippen LogP contribution in [-0.2, 0) is 10.2 Å². The van der Waals surface area contributed by atoms with Crippen LogP contribution in [-0.4, -0.2) is 32.3 Å². The molecule has 1 aromatic rings. The van der Waals surface area contributed by atoms with Gasteiger partial charge in [-0.2, -0.15) is 0 Å². The van der Waals surface area contributed by atoms with E-state index in [1.54, 1.807) is 12.1 Å². The van der Waals surface area contributed by atoms with E-state index in [-0.39, 0.29) is 16.3 Å². The van der Waals surface area contributed by atoms with Crippen molar-refractivity contribution >= 4 is 16.9 Å². The number of benzene rings is 1. The molecular formula is C16H24O4S. The van der Waals surface area contributed by atoms with Crippen LogP contribution in [0, 0.1) is 0 Å². The first-order valence-corrected chi connectivity index (χ1v) is 7.94. The van der Waals surface area contributed by atoms with Gasteiger partial charge < -0.3 is 15.3 Å². The second-order valence-electron chi connectivity index (χ2n) is 6.17. The number of rotatable bonds is 5. The molecular weight excluding hydrogens is 288 g/mol. The predicted octanol–water partition coefficient (Wildman–Crippen LogP) is 2.75. The Labute approximate surface area is 130 Å². The van der Waals surface area contributed by atoms with Crippen molar-refractivity contribution in [3.05, 3.63) is 29.3 Å². The molecule has 0 fully saturated rings. The highest BCUT2D eigenvalue weighted by atomic mass is 32.2. The summed E-state index contributed by atoms with van der Waals surface area (Å²) in [5, 5.41) is 30.1. The van der Waals surface area contributed by atoms with E-state index in [0.29, 0.717) is 17.7 Å². The first kappa shape index (κ1) is 18.0. The van der Waals surface area contributed by atoms with E-state index in [1.165, 1.54) is 13.0 Å². The molecule has 0 aliphatic rings. The van der Waals surface area contributed by atoms with Crippen molar-refractivity contribution in [2.45, 2.75) is 51.7 Å². The van der Waals surface area contributed by atoms with Crippen LogP contribution in [0.1, 0.15) is 51.3 Å². The molecule has 118 valence electrons. The summed E-state index contributed by atoms with van der Waals surface area (Å²) in [6, 6.07) is 4.87. The largest absolute Gasteiger partial charge is 0.508 e. The number of carbonyl (C=O) groups excluding carboxylic acids is 1. The van der Waals surface area contributed by atoms with Crippen LogP contribution in [0.15, 0.2) is 18.2 Å². The average Bonchev–Trinajstić information content (AvgIpc) is 2.36. The fourth-order valence-electron chi connectivity index (χ4n) is 2.04. The number of hydrogen-bond donors (Lipinski definition) is 3. The number of aliphatic hydroxyl groups excluding tert-OH is 2. The van der Waals surface area contributed by atoms with E-state index < -0.39 is 12.2 Å². The number of hydrogen-bond acceptors (Lipinski definition) is 5. The molecule has 5 heteroatoms. The van der Waals surface area contributed by atoms with Crippen molar-refractivity contribution in [2.75, 3.05) is 5.75 Å². The van der Waals surface area contributed by atoms with E-state index in [1.807, 2.05) is 20.8 Å².